The van der Waals surface area contributed by atoms with Crippen molar-refractivity contribution < 1.29 is 5.11 Å². The van der Waals surface area contributed by atoms with Crippen molar-refractivity contribution in [1.29, 1.82) is 0 Å². The standard InChI is InChI=1S/C15H18OS/c1-11(16)12(2)17-10-14-8-5-7-13-6-3-4-9-15(13)14/h3-9,11-12,16H,10H2,1-2H3. The highest BCUT2D eigenvalue weighted by Gasteiger charge is 2.09. The van der Waals surface area contributed by atoms with Gasteiger partial charge in [-0.05, 0) is 23.3 Å². The minimum absolute atomic E-state index is 0.255. The van der Waals surface area contributed by atoms with Gasteiger partial charge in [0.25, 0.3) is 0 Å². The molecule has 0 saturated heterocycles. The van der Waals surface area contributed by atoms with Gasteiger partial charge in [0.2, 0.25) is 0 Å². The lowest BCUT2D eigenvalue weighted by atomic mass is 10.1. The minimum Gasteiger partial charge on any atom is -0.392 e. The maximum Gasteiger partial charge on any atom is 0.0628 e. The van der Waals surface area contributed by atoms with Gasteiger partial charge < -0.3 is 5.11 Å². The fourth-order valence-electron chi connectivity index (χ4n) is 1.78. The van der Waals surface area contributed by atoms with Crippen LogP contribution >= 0.6 is 11.8 Å². The van der Waals surface area contributed by atoms with Crippen LogP contribution in [0.3, 0.4) is 0 Å². The quantitative estimate of drug-likeness (QED) is 0.884. The van der Waals surface area contributed by atoms with Crippen LogP contribution in [-0.2, 0) is 5.75 Å². The summed E-state index contributed by atoms with van der Waals surface area (Å²) in [5, 5.41) is 12.4. The average molecular weight is 246 g/mol. The second kappa shape index (κ2) is 5.56. The Morgan fingerprint density at radius 2 is 1.76 bits per heavy atom. The first-order chi connectivity index (χ1) is 8.18. The van der Waals surface area contributed by atoms with Crippen LogP contribution in [0.4, 0.5) is 0 Å². The van der Waals surface area contributed by atoms with Crippen LogP contribution in [0.15, 0.2) is 42.5 Å². The van der Waals surface area contributed by atoms with Crippen molar-refractivity contribution >= 4 is 22.5 Å². The molecule has 0 heterocycles. The third-order valence-corrected chi connectivity index (χ3v) is 4.46. The topological polar surface area (TPSA) is 20.2 Å². The van der Waals surface area contributed by atoms with E-state index in [1.165, 1.54) is 16.3 Å². The van der Waals surface area contributed by atoms with Gasteiger partial charge in [-0.1, -0.05) is 49.4 Å². The molecule has 0 spiro atoms. The smallest absolute Gasteiger partial charge is 0.0628 e. The van der Waals surface area contributed by atoms with Crippen molar-refractivity contribution in [2.45, 2.75) is 31.0 Å². The van der Waals surface area contributed by atoms with Gasteiger partial charge in [0, 0.05) is 11.0 Å². The van der Waals surface area contributed by atoms with E-state index in [2.05, 4.69) is 49.4 Å². The molecule has 0 amide bonds. The Morgan fingerprint density at radius 1 is 1.06 bits per heavy atom. The second-order valence-electron chi connectivity index (χ2n) is 4.39. The van der Waals surface area contributed by atoms with Gasteiger partial charge >= 0.3 is 0 Å². The zero-order valence-electron chi connectivity index (χ0n) is 10.3. The Bertz CT molecular complexity index is 488. The molecule has 0 aromatic heterocycles. The summed E-state index contributed by atoms with van der Waals surface area (Å²) in [6, 6.07) is 14.9. The molecule has 2 unspecified atom stereocenters. The summed E-state index contributed by atoms with van der Waals surface area (Å²) in [5.41, 5.74) is 1.35. The zero-order valence-corrected chi connectivity index (χ0v) is 11.1. The minimum atomic E-state index is -0.255. The van der Waals surface area contributed by atoms with Crippen LogP contribution in [0.25, 0.3) is 10.8 Å². The van der Waals surface area contributed by atoms with Crippen LogP contribution in [0.1, 0.15) is 19.4 Å². The van der Waals surface area contributed by atoms with Gasteiger partial charge in [-0.15, -0.1) is 0 Å². The lowest BCUT2D eigenvalue weighted by Gasteiger charge is -2.14. The average Bonchev–Trinajstić information content (AvgIpc) is 2.35. The van der Waals surface area contributed by atoms with Gasteiger partial charge in [-0.3, -0.25) is 0 Å². The molecule has 0 saturated carbocycles. The Kier molecular flexibility index (Phi) is 4.08. The highest BCUT2D eigenvalue weighted by atomic mass is 32.2. The van der Waals surface area contributed by atoms with Crippen molar-refractivity contribution in [1.82, 2.24) is 0 Å². The van der Waals surface area contributed by atoms with E-state index in [9.17, 15) is 5.11 Å². The van der Waals surface area contributed by atoms with E-state index in [1.807, 2.05) is 6.92 Å². The number of aliphatic hydroxyl groups excluding tert-OH is 1. The number of hydrogen-bond acceptors (Lipinski definition) is 2. The van der Waals surface area contributed by atoms with Crippen molar-refractivity contribution in [3.8, 4) is 0 Å². The van der Waals surface area contributed by atoms with E-state index >= 15 is 0 Å². The summed E-state index contributed by atoms with van der Waals surface area (Å²) in [7, 11) is 0. The lowest BCUT2D eigenvalue weighted by molar-refractivity contribution is 0.196. The molecule has 0 bridgehead atoms. The van der Waals surface area contributed by atoms with E-state index in [0.717, 1.165) is 5.75 Å². The number of benzene rings is 2. The molecule has 0 aliphatic heterocycles. The van der Waals surface area contributed by atoms with Crippen molar-refractivity contribution in [3.63, 3.8) is 0 Å². The highest BCUT2D eigenvalue weighted by Crippen LogP contribution is 2.25. The molecule has 17 heavy (non-hydrogen) atoms. The van der Waals surface area contributed by atoms with Crippen molar-refractivity contribution in [2.75, 3.05) is 0 Å². The van der Waals surface area contributed by atoms with E-state index in [-0.39, 0.29) is 11.4 Å². The summed E-state index contributed by atoms with van der Waals surface area (Å²) in [6.45, 7) is 3.92. The lowest BCUT2D eigenvalue weighted by Crippen LogP contribution is -2.15. The molecule has 90 valence electrons. The Morgan fingerprint density at radius 3 is 2.53 bits per heavy atom. The highest BCUT2D eigenvalue weighted by molar-refractivity contribution is 7.99. The van der Waals surface area contributed by atoms with Gasteiger partial charge in [-0.25, -0.2) is 0 Å². The third-order valence-electron chi connectivity index (χ3n) is 3.06. The van der Waals surface area contributed by atoms with Gasteiger partial charge in [-0.2, -0.15) is 11.8 Å². The molecule has 1 N–H and O–H groups in total. The molecule has 2 aromatic carbocycles. The Labute approximate surface area is 107 Å². The number of thioether (sulfide) groups is 1. The molecule has 0 radical (unpaired) electrons. The third kappa shape index (κ3) is 3.02. The molecule has 2 heteroatoms. The monoisotopic (exact) mass is 246 g/mol. The first-order valence-corrected chi connectivity index (χ1v) is 6.99. The molecule has 2 aromatic rings. The number of aliphatic hydroxyl groups is 1. The SMILES string of the molecule is CC(O)C(C)SCc1cccc2ccccc12. The Balaban J connectivity index is 2.19. The molecule has 0 aliphatic carbocycles. The van der Waals surface area contributed by atoms with Gasteiger partial charge in [0.1, 0.15) is 0 Å². The van der Waals surface area contributed by atoms with Crippen LogP contribution in [0, 0.1) is 0 Å². The predicted octanol–water partition coefficient (Wildman–Crippen LogP) is 3.84. The summed E-state index contributed by atoms with van der Waals surface area (Å²) in [5.74, 6) is 0.952. The fraction of sp³-hybridized carbons (Fsp3) is 0.333. The van der Waals surface area contributed by atoms with Gasteiger partial charge in [0.15, 0.2) is 0 Å². The Hall–Kier alpha value is -0.990. The molecule has 1 nitrogen and oxygen atoms in total. The van der Waals surface area contributed by atoms with Gasteiger partial charge in [0.05, 0.1) is 6.10 Å². The summed E-state index contributed by atoms with van der Waals surface area (Å²) < 4.78 is 0. The fourth-order valence-corrected chi connectivity index (χ4v) is 2.75. The van der Waals surface area contributed by atoms with Crippen LogP contribution < -0.4 is 0 Å². The maximum absolute atomic E-state index is 9.49. The van der Waals surface area contributed by atoms with Crippen molar-refractivity contribution in [3.05, 3.63) is 48.0 Å². The van der Waals surface area contributed by atoms with Crippen LogP contribution in [-0.4, -0.2) is 16.5 Å². The molecular formula is C15H18OS. The second-order valence-corrected chi connectivity index (χ2v) is 5.76. The van der Waals surface area contributed by atoms with Crippen molar-refractivity contribution in [2.24, 2.45) is 0 Å². The first kappa shape index (κ1) is 12.5. The largest absolute Gasteiger partial charge is 0.392 e. The predicted molar refractivity (Wildman–Crippen MR) is 76.4 cm³/mol. The van der Waals surface area contributed by atoms with Crippen LogP contribution in [0.5, 0.6) is 0 Å². The van der Waals surface area contributed by atoms with E-state index < -0.39 is 0 Å². The molecular weight excluding hydrogens is 228 g/mol. The molecule has 2 rings (SSSR count). The van der Waals surface area contributed by atoms with Crippen LogP contribution in [0.2, 0.25) is 0 Å². The normalized spacial score (nSPS) is 14.8. The first-order valence-electron chi connectivity index (χ1n) is 5.95. The zero-order chi connectivity index (χ0) is 12.3. The molecule has 0 fully saturated rings. The van der Waals surface area contributed by atoms with E-state index in [0.29, 0.717) is 0 Å². The number of hydrogen-bond donors (Lipinski definition) is 1. The maximum atomic E-state index is 9.49. The molecule has 0 aliphatic rings. The summed E-state index contributed by atoms with van der Waals surface area (Å²) in [6.07, 6.45) is -0.255. The van der Waals surface area contributed by atoms with E-state index in [4.69, 9.17) is 0 Å². The summed E-state index contributed by atoms with van der Waals surface area (Å²) in [4.78, 5) is 0. The number of fused-ring (bicyclic) bond motifs is 1. The summed E-state index contributed by atoms with van der Waals surface area (Å²) >= 11 is 1.80. The number of rotatable bonds is 4. The molecule has 2 atom stereocenters. The van der Waals surface area contributed by atoms with E-state index in [1.54, 1.807) is 11.8 Å².